The van der Waals surface area contributed by atoms with Gasteiger partial charge < -0.3 is 10.2 Å². The van der Waals surface area contributed by atoms with E-state index < -0.39 is 15.8 Å². The summed E-state index contributed by atoms with van der Waals surface area (Å²) in [6.45, 7) is 2.83. The first-order chi connectivity index (χ1) is 12.7. The number of nitrogens with one attached hydrogen (secondary N) is 1. The number of hydrogen-bond acceptors (Lipinski definition) is 4. The van der Waals surface area contributed by atoms with Gasteiger partial charge in [-0.1, -0.05) is 35.9 Å². The van der Waals surface area contributed by atoms with Crippen LogP contribution in [0.25, 0.3) is 0 Å². The Morgan fingerprint density at radius 3 is 2.56 bits per heavy atom. The van der Waals surface area contributed by atoms with Crippen LogP contribution in [-0.2, 0) is 26.0 Å². The zero-order valence-electron chi connectivity index (χ0n) is 15.3. The van der Waals surface area contributed by atoms with Crippen molar-refractivity contribution in [2.75, 3.05) is 18.1 Å². The SMILES string of the molecule is Cc1ccc(CN2CC(C(=O)Nc3cccc(S(C)(=O)=O)c3)CC2=O)cc1. The maximum Gasteiger partial charge on any atom is 0.229 e. The Hall–Kier alpha value is -2.67. The Balaban J connectivity index is 1.64. The minimum atomic E-state index is -3.35. The minimum absolute atomic E-state index is 0.0550. The number of nitrogens with zero attached hydrogens (tertiary/aromatic N) is 1. The molecule has 7 heteroatoms. The van der Waals surface area contributed by atoms with Crippen molar-refractivity contribution in [3.05, 3.63) is 59.7 Å². The highest BCUT2D eigenvalue weighted by molar-refractivity contribution is 7.90. The summed E-state index contributed by atoms with van der Waals surface area (Å²) < 4.78 is 23.3. The van der Waals surface area contributed by atoms with E-state index in [1.807, 2.05) is 31.2 Å². The van der Waals surface area contributed by atoms with Crippen molar-refractivity contribution in [2.24, 2.45) is 5.92 Å². The molecule has 1 N–H and O–H groups in total. The molecule has 27 heavy (non-hydrogen) atoms. The molecule has 1 atom stereocenters. The minimum Gasteiger partial charge on any atom is -0.338 e. The molecule has 0 spiro atoms. The summed E-state index contributed by atoms with van der Waals surface area (Å²) in [5.41, 5.74) is 2.59. The van der Waals surface area contributed by atoms with Gasteiger partial charge in [0.2, 0.25) is 11.8 Å². The summed E-state index contributed by atoms with van der Waals surface area (Å²) in [5.74, 6) is -0.786. The molecule has 3 rings (SSSR count). The fourth-order valence-electron chi connectivity index (χ4n) is 3.06. The summed E-state index contributed by atoms with van der Waals surface area (Å²) in [6.07, 6.45) is 1.27. The van der Waals surface area contributed by atoms with E-state index in [1.54, 1.807) is 17.0 Å². The van der Waals surface area contributed by atoms with Crippen LogP contribution in [0.2, 0.25) is 0 Å². The van der Waals surface area contributed by atoms with Crippen LogP contribution >= 0.6 is 0 Å². The molecular formula is C20H22N2O4S. The molecule has 0 saturated carbocycles. The van der Waals surface area contributed by atoms with E-state index in [0.29, 0.717) is 18.8 Å². The molecular weight excluding hydrogens is 364 g/mol. The van der Waals surface area contributed by atoms with Gasteiger partial charge in [0.25, 0.3) is 0 Å². The summed E-state index contributed by atoms with van der Waals surface area (Å²) in [5, 5.41) is 2.73. The zero-order valence-corrected chi connectivity index (χ0v) is 16.1. The largest absolute Gasteiger partial charge is 0.338 e. The van der Waals surface area contributed by atoms with Crippen molar-refractivity contribution in [1.82, 2.24) is 4.90 Å². The van der Waals surface area contributed by atoms with Crippen molar-refractivity contribution >= 4 is 27.3 Å². The third-order valence-electron chi connectivity index (χ3n) is 4.61. The predicted octanol–water partition coefficient (Wildman–Crippen LogP) is 2.39. The highest BCUT2D eigenvalue weighted by atomic mass is 32.2. The molecule has 6 nitrogen and oxygen atoms in total. The van der Waals surface area contributed by atoms with Crippen LogP contribution in [0.15, 0.2) is 53.4 Å². The second kappa shape index (κ2) is 7.52. The number of hydrogen-bond donors (Lipinski definition) is 1. The van der Waals surface area contributed by atoms with Crippen LogP contribution in [0.1, 0.15) is 17.5 Å². The number of carbonyl (C=O) groups excluding carboxylic acids is 2. The molecule has 1 aliphatic heterocycles. The van der Waals surface area contributed by atoms with E-state index in [1.165, 1.54) is 12.1 Å². The van der Waals surface area contributed by atoms with Gasteiger partial charge in [-0.25, -0.2) is 8.42 Å². The molecule has 1 unspecified atom stereocenters. The maximum atomic E-state index is 12.5. The van der Waals surface area contributed by atoms with Crippen molar-refractivity contribution in [1.29, 1.82) is 0 Å². The number of rotatable bonds is 5. The van der Waals surface area contributed by atoms with Gasteiger partial charge in [0.05, 0.1) is 10.8 Å². The molecule has 1 heterocycles. The average molecular weight is 386 g/mol. The number of anilines is 1. The second-order valence-corrected chi connectivity index (χ2v) is 8.97. The first kappa shape index (κ1) is 19.1. The molecule has 2 aromatic carbocycles. The summed E-state index contributed by atoms with van der Waals surface area (Å²) in [7, 11) is -3.35. The van der Waals surface area contributed by atoms with Crippen LogP contribution in [0.4, 0.5) is 5.69 Å². The van der Waals surface area contributed by atoms with Gasteiger partial charge in [-0.3, -0.25) is 9.59 Å². The molecule has 1 fully saturated rings. The normalized spacial score (nSPS) is 17.2. The number of amides is 2. The van der Waals surface area contributed by atoms with Gasteiger partial charge in [0, 0.05) is 31.5 Å². The lowest BCUT2D eigenvalue weighted by Gasteiger charge is -2.17. The van der Waals surface area contributed by atoms with Crippen molar-refractivity contribution < 1.29 is 18.0 Å². The monoisotopic (exact) mass is 386 g/mol. The van der Waals surface area contributed by atoms with E-state index in [4.69, 9.17) is 0 Å². The van der Waals surface area contributed by atoms with Crippen molar-refractivity contribution in [3.8, 4) is 0 Å². The van der Waals surface area contributed by atoms with Crippen LogP contribution in [0.5, 0.6) is 0 Å². The van der Waals surface area contributed by atoms with Gasteiger partial charge in [-0.15, -0.1) is 0 Å². The van der Waals surface area contributed by atoms with Gasteiger partial charge in [0.1, 0.15) is 0 Å². The Morgan fingerprint density at radius 1 is 1.19 bits per heavy atom. The van der Waals surface area contributed by atoms with E-state index in [-0.39, 0.29) is 23.1 Å². The lowest BCUT2D eigenvalue weighted by Crippen LogP contribution is -2.28. The maximum absolute atomic E-state index is 12.5. The molecule has 142 valence electrons. The van der Waals surface area contributed by atoms with E-state index in [2.05, 4.69) is 5.32 Å². The Kier molecular flexibility index (Phi) is 5.32. The molecule has 2 amide bonds. The van der Waals surface area contributed by atoms with Gasteiger partial charge >= 0.3 is 0 Å². The van der Waals surface area contributed by atoms with Crippen LogP contribution in [-0.4, -0.2) is 37.9 Å². The van der Waals surface area contributed by atoms with Crippen LogP contribution in [0, 0.1) is 12.8 Å². The topological polar surface area (TPSA) is 83.6 Å². The lowest BCUT2D eigenvalue weighted by molar-refractivity contribution is -0.128. The quantitative estimate of drug-likeness (QED) is 0.855. The number of sulfone groups is 1. The number of benzene rings is 2. The van der Waals surface area contributed by atoms with Gasteiger partial charge in [-0.05, 0) is 30.7 Å². The highest BCUT2D eigenvalue weighted by Crippen LogP contribution is 2.23. The average Bonchev–Trinajstić information content (AvgIpc) is 2.97. The fourth-order valence-corrected chi connectivity index (χ4v) is 3.73. The van der Waals surface area contributed by atoms with E-state index in [0.717, 1.165) is 17.4 Å². The molecule has 0 aromatic heterocycles. The van der Waals surface area contributed by atoms with Gasteiger partial charge in [-0.2, -0.15) is 0 Å². The number of aryl methyl sites for hydroxylation is 1. The second-order valence-electron chi connectivity index (χ2n) is 6.95. The number of likely N-dealkylation sites (tertiary alicyclic amines) is 1. The molecule has 2 aromatic rings. The van der Waals surface area contributed by atoms with Crippen LogP contribution in [0.3, 0.4) is 0 Å². The third kappa shape index (κ3) is 4.74. The van der Waals surface area contributed by atoms with E-state index >= 15 is 0 Å². The molecule has 0 aliphatic carbocycles. The Bertz CT molecular complexity index is 968. The fraction of sp³-hybridized carbons (Fsp3) is 0.300. The van der Waals surface area contributed by atoms with Crippen LogP contribution < -0.4 is 5.32 Å². The first-order valence-corrected chi connectivity index (χ1v) is 10.6. The standard InChI is InChI=1S/C20H22N2O4S/c1-14-6-8-15(9-7-14)12-22-13-16(10-19(22)23)20(24)21-17-4-3-5-18(11-17)27(2,25)26/h3-9,11,16H,10,12-13H2,1-2H3,(H,21,24). The molecule has 1 aliphatic rings. The Labute approximate surface area is 159 Å². The zero-order chi connectivity index (χ0) is 19.6. The van der Waals surface area contributed by atoms with Crippen molar-refractivity contribution in [2.45, 2.75) is 24.8 Å². The molecule has 0 radical (unpaired) electrons. The third-order valence-corrected chi connectivity index (χ3v) is 5.72. The predicted molar refractivity (Wildman–Crippen MR) is 103 cm³/mol. The highest BCUT2D eigenvalue weighted by Gasteiger charge is 2.34. The first-order valence-electron chi connectivity index (χ1n) is 8.67. The van der Waals surface area contributed by atoms with Gasteiger partial charge in [0.15, 0.2) is 9.84 Å². The smallest absolute Gasteiger partial charge is 0.229 e. The molecule has 0 bridgehead atoms. The summed E-state index contributed by atoms with van der Waals surface area (Å²) >= 11 is 0. The molecule has 1 saturated heterocycles. The van der Waals surface area contributed by atoms with Crippen molar-refractivity contribution in [3.63, 3.8) is 0 Å². The Morgan fingerprint density at radius 2 is 1.89 bits per heavy atom. The summed E-state index contributed by atoms with van der Waals surface area (Å²) in [4.78, 5) is 26.6. The lowest BCUT2D eigenvalue weighted by atomic mass is 10.1. The summed E-state index contributed by atoms with van der Waals surface area (Å²) in [6, 6.07) is 14.1. The number of carbonyl (C=O) groups is 2. The van der Waals surface area contributed by atoms with E-state index in [9.17, 15) is 18.0 Å².